The van der Waals surface area contributed by atoms with Gasteiger partial charge in [-0.25, -0.2) is 0 Å². The van der Waals surface area contributed by atoms with E-state index in [0.29, 0.717) is 5.91 Å². The van der Waals surface area contributed by atoms with E-state index in [1.165, 1.54) is 0 Å². The molecular formula is C18H27N5O2. The van der Waals surface area contributed by atoms with Gasteiger partial charge in [-0.05, 0) is 37.8 Å². The van der Waals surface area contributed by atoms with E-state index in [9.17, 15) is 4.79 Å². The van der Waals surface area contributed by atoms with E-state index in [1.807, 2.05) is 17.0 Å². The number of piperidine rings is 1. The van der Waals surface area contributed by atoms with Gasteiger partial charge in [0.05, 0.1) is 19.1 Å². The molecule has 3 aliphatic rings. The summed E-state index contributed by atoms with van der Waals surface area (Å²) >= 11 is 0. The zero-order valence-electron chi connectivity index (χ0n) is 14.8. The van der Waals surface area contributed by atoms with Crippen molar-refractivity contribution in [2.75, 3.05) is 62.3 Å². The molecular weight excluding hydrogens is 318 g/mol. The van der Waals surface area contributed by atoms with Crippen molar-refractivity contribution < 1.29 is 9.53 Å². The minimum atomic E-state index is 0.104. The van der Waals surface area contributed by atoms with Crippen LogP contribution in [0.4, 0.5) is 11.6 Å². The summed E-state index contributed by atoms with van der Waals surface area (Å²) in [6, 6.07) is 4.08. The van der Waals surface area contributed by atoms with Gasteiger partial charge in [0.25, 0.3) is 0 Å². The summed E-state index contributed by atoms with van der Waals surface area (Å²) in [5.41, 5.74) is 0. The zero-order valence-corrected chi connectivity index (χ0v) is 14.8. The third kappa shape index (κ3) is 3.71. The quantitative estimate of drug-likeness (QED) is 0.819. The molecule has 7 heteroatoms. The molecule has 0 bridgehead atoms. The second-order valence-corrected chi connectivity index (χ2v) is 7.17. The van der Waals surface area contributed by atoms with Gasteiger partial charge in [0, 0.05) is 39.3 Å². The number of rotatable bonds is 3. The summed E-state index contributed by atoms with van der Waals surface area (Å²) in [6.07, 6.45) is 4.33. The monoisotopic (exact) mass is 345 g/mol. The van der Waals surface area contributed by atoms with Crippen molar-refractivity contribution in [3.8, 4) is 0 Å². The Hall–Kier alpha value is -1.89. The normalized spacial score (nSPS) is 24.6. The number of likely N-dealkylation sites (tertiary alicyclic amines) is 1. The highest BCUT2D eigenvalue weighted by Crippen LogP contribution is 2.25. The molecule has 0 aromatic carbocycles. The molecule has 7 nitrogen and oxygen atoms in total. The lowest BCUT2D eigenvalue weighted by atomic mass is 9.96. The first-order valence-electron chi connectivity index (χ1n) is 9.51. The van der Waals surface area contributed by atoms with Gasteiger partial charge in [-0.2, -0.15) is 0 Å². The Balaban J connectivity index is 1.39. The Kier molecular flexibility index (Phi) is 5.01. The van der Waals surface area contributed by atoms with E-state index in [4.69, 9.17) is 4.74 Å². The van der Waals surface area contributed by atoms with Crippen LogP contribution < -0.4 is 9.80 Å². The predicted octanol–water partition coefficient (Wildman–Crippen LogP) is 1.15. The molecule has 0 radical (unpaired) electrons. The van der Waals surface area contributed by atoms with Gasteiger partial charge in [-0.3, -0.25) is 4.79 Å². The fraction of sp³-hybridized carbons (Fsp3) is 0.722. The molecule has 0 spiro atoms. The fourth-order valence-electron chi connectivity index (χ4n) is 4.03. The number of carbonyl (C=O) groups excluding carboxylic acids is 1. The molecule has 3 aliphatic heterocycles. The van der Waals surface area contributed by atoms with Crippen molar-refractivity contribution in [3.05, 3.63) is 12.1 Å². The molecule has 3 saturated heterocycles. The van der Waals surface area contributed by atoms with Crippen LogP contribution in [0.3, 0.4) is 0 Å². The molecule has 4 heterocycles. The van der Waals surface area contributed by atoms with Crippen LogP contribution in [0.5, 0.6) is 0 Å². The number of hydrogen-bond donors (Lipinski definition) is 0. The van der Waals surface area contributed by atoms with Crippen molar-refractivity contribution in [1.82, 2.24) is 15.1 Å². The van der Waals surface area contributed by atoms with E-state index < -0.39 is 0 Å². The second-order valence-electron chi connectivity index (χ2n) is 7.17. The molecule has 1 aromatic heterocycles. The predicted molar refractivity (Wildman–Crippen MR) is 95.8 cm³/mol. The number of nitrogens with zero attached hydrogens (tertiary/aromatic N) is 5. The molecule has 1 unspecified atom stereocenters. The van der Waals surface area contributed by atoms with Crippen LogP contribution in [0, 0.1) is 5.92 Å². The minimum Gasteiger partial charge on any atom is -0.378 e. The molecule has 1 amide bonds. The molecule has 1 atom stereocenters. The van der Waals surface area contributed by atoms with Gasteiger partial charge < -0.3 is 19.4 Å². The summed E-state index contributed by atoms with van der Waals surface area (Å²) in [6.45, 7) is 6.81. The SMILES string of the molecule is O=C(C1CCCN(c2ccc(N3CCOCC3)nn2)C1)N1CCCC1. The molecule has 0 saturated carbocycles. The highest BCUT2D eigenvalue weighted by atomic mass is 16.5. The molecule has 136 valence electrons. The first kappa shape index (κ1) is 16.6. The maximum absolute atomic E-state index is 12.7. The lowest BCUT2D eigenvalue weighted by molar-refractivity contribution is -0.134. The lowest BCUT2D eigenvalue weighted by Crippen LogP contribution is -2.44. The van der Waals surface area contributed by atoms with Crippen LogP contribution in [-0.4, -0.2) is 73.5 Å². The van der Waals surface area contributed by atoms with Crippen LogP contribution >= 0.6 is 0 Å². The Morgan fingerprint density at radius 2 is 1.60 bits per heavy atom. The van der Waals surface area contributed by atoms with Gasteiger partial charge in [-0.1, -0.05) is 0 Å². The molecule has 1 aromatic rings. The van der Waals surface area contributed by atoms with Crippen molar-refractivity contribution in [2.45, 2.75) is 25.7 Å². The number of anilines is 2. The van der Waals surface area contributed by atoms with Crippen molar-refractivity contribution >= 4 is 17.5 Å². The fourth-order valence-corrected chi connectivity index (χ4v) is 4.03. The first-order valence-corrected chi connectivity index (χ1v) is 9.51. The summed E-state index contributed by atoms with van der Waals surface area (Å²) in [5, 5.41) is 8.85. The van der Waals surface area contributed by atoms with E-state index in [-0.39, 0.29) is 5.92 Å². The number of carbonyl (C=O) groups is 1. The Morgan fingerprint density at radius 1 is 0.920 bits per heavy atom. The van der Waals surface area contributed by atoms with Gasteiger partial charge in [0.15, 0.2) is 11.6 Å². The first-order chi connectivity index (χ1) is 12.3. The number of aromatic nitrogens is 2. The van der Waals surface area contributed by atoms with E-state index in [0.717, 1.165) is 89.8 Å². The smallest absolute Gasteiger partial charge is 0.227 e. The maximum Gasteiger partial charge on any atom is 0.227 e. The van der Waals surface area contributed by atoms with Crippen LogP contribution in [0.1, 0.15) is 25.7 Å². The Labute approximate surface area is 148 Å². The minimum absolute atomic E-state index is 0.104. The van der Waals surface area contributed by atoms with E-state index in [1.54, 1.807) is 0 Å². The largest absolute Gasteiger partial charge is 0.378 e. The van der Waals surface area contributed by atoms with Gasteiger partial charge >= 0.3 is 0 Å². The number of morpholine rings is 1. The van der Waals surface area contributed by atoms with Crippen molar-refractivity contribution in [2.24, 2.45) is 5.92 Å². The van der Waals surface area contributed by atoms with Crippen LogP contribution in [0.2, 0.25) is 0 Å². The van der Waals surface area contributed by atoms with Crippen LogP contribution in [-0.2, 0) is 9.53 Å². The topological polar surface area (TPSA) is 61.8 Å². The third-order valence-electron chi connectivity index (χ3n) is 5.48. The molecule has 4 rings (SSSR count). The summed E-state index contributed by atoms with van der Waals surface area (Å²) in [5.74, 6) is 2.23. The zero-order chi connectivity index (χ0) is 17.1. The standard InChI is InChI=1S/C18H27N5O2/c24-18(22-7-1-2-8-22)15-4-3-9-23(14-15)17-6-5-16(19-20-17)21-10-12-25-13-11-21/h5-6,15H,1-4,7-14H2. The molecule has 0 aliphatic carbocycles. The Morgan fingerprint density at radius 3 is 2.28 bits per heavy atom. The number of hydrogen-bond acceptors (Lipinski definition) is 6. The van der Waals surface area contributed by atoms with E-state index in [2.05, 4.69) is 20.0 Å². The highest BCUT2D eigenvalue weighted by Gasteiger charge is 2.31. The third-order valence-corrected chi connectivity index (χ3v) is 5.48. The van der Waals surface area contributed by atoms with Gasteiger partial charge in [-0.15, -0.1) is 10.2 Å². The molecule has 0 N–H and O–H groups in total. The summed E-state index contributed by atoms with van der Waals surface area (Å²) in [4.78, 5) is 19.2. The van der Waals surface area contributed by atoms with Crippen molar-refractivity contribution in [1.29, 1.82) is 0 Å². The van der Waals surface area contributed by atoms with Gasteiger partial charge in [0.1, 0.15) is 0 Å². The number of amides is 1. The van der Waals surface area contributed by atoms with Crippen LogP contribution in [0.15, 0.2) is 12.1 Å². The maximum atomic E-state index is 12.7. The van der Waals surface area contributed by atoms with Crippen molar-refractivity contribution in [3.63, 3.8) is 0 Å². The highest BCUT2D eigenvalue weighted by molar-refractivity contribution is 5.80. The average molecular weight is 345 g/mol. The van der Waals surface area contributed by atoms with E-state index >= 15 is 0 Å². The average Bonchev–Trinajstić information content (AvgIpc) is 3.23. The summed E-state index contributed by atoms with van der Waals surface area (Å²) < 4.78 is 5.38. The summed E-state index contributed by atoms with van der Waals surface area (Å²) in [7, 11) is 0. The number of ether oxygens (including phenoxy) is 1. The molecule has 25 heavy (non-hydrogen) atoms. The Bertz CT molecular complexity index is 582. The lowest BCUT2D eigenvalue weighted by Gasteiger charge is -2.34. The molecule has 3 fully saturated rings. The van der Waals surface area contributed by atoms with Gasteiger partial charge in [0.2, 0.25) is 5.91 Å². The van der Waals surface area contributed by atoms with Crippen LogP contribution in [0.25, 0.3) is 0 Å². The second kappa shape index (κ2) is 7.56.